The molecule has 1 aromatic heterocycles. The minimum absolute atomic E-state index is 0.0651. The Morgan fingerprint density at radius 1 is 1.14 bits per heavy atom. The number of piperidine rings is 2. The van der Waals surface area contributed by atoms with Gasteiger partial charge in [-0.05, 0) is 44.4 Å². The van der Waals surface area contributed by atoms with Gasteiger partial charge in [0.2, 0.25) is 21.8 Å². The Labute approximate surface area is 207 Å². The molecule has 4 rings (SSSR count). The zero-order valence-corrected chi connectivity index (χ0v) is 21.5. The topological polar surface area (TPSA) is 127 Å². The van der Waals surface area contributed by atoms with E-state index in [9.17, 15) is 18.0 Å². The van der Waals surface area contributed by atoms with Gasteiger partial charge in [-0.2, -0.15) is 0 Å². The molecule has 1 spiro atoms. The molecule has 2 amide bonds. The first-order chi connectivity index (χ1) is 16.7. The maximum atomic E-state index is 13.2. The Bertz CT molecular complexity index is 980. The number of hydrogen-bond donors (Lipinski definition) is 1. The van der Waals surface area contributed by atoms with E-state index in [4.69, 9.17) is 4.74 Å². The van der Waals surface area contributed by atoms with Crippen molar-refractivity contribution in [1.82, 2.24) is 29.5 Å². The third-order valence-electron chi connectivity index (χ3n) is 7.72. The van der Waals surface area contributed by atoms with Gasteiger partial charge in [0.1, 0.15) is 5.69 Å². The summed E-state index contributed by atoms with van der Waals surface area (Å²) in [4.78, 5) is 28.1. The van der Waals surface area contributed by atoms with Crippen molar-refractivity contribution in [3.8, 4) is 0 Å². The Balaban J connectivity index is 1.29. The monoisotopic (exact) mass is 510 g/mol. The molecule has 0 unspecified atom stereocenters. The average Bonchev–Trinajstić information content (AvgIpc) is 3.28. The fraction of sp³-hybridized carbons (Fsp3) is 0.826. The number of aromatic nitrogens is 3. The lowest BCUT2D eigenvalue weighted by atomic mass is 9.73. The fourth-order valence-corrected chi connectivity index (χ4v) is 6.32. The highest BCUT2D eigenvalue weighted by atomic mass is 32.2. The van der Waals surface area contributed by atoms with Crippen LogP contribution in [0.4, 0.5) is 0 Å². The lowest BCUT2D eigenvalue weighted by molar-refractivity contribution is -0.142. The third-order valence-corrected chi connectivity index (χ3v) is 9.02. The van der Waals surface area contributed by atoms with E-state index in [1.807, 2.05) is 15.8 Å². The van der Waals surface area contributed by atoms with E-state index in [-0.39, 0.29) is 17.7 Å². The molecule has 3 aliphatic heterocycles. The normalized spacial score (nSPS) is 23.6. The zero-order valence-electron chi connectivity index (χ0n) is 20.7. The van der Waals surface area contributed by atoms with Crippen molar-refractivity contribution in [1.29, 1.82) is 0 Å². The highest BCUT2D eigenvalue weighted by molar-refractivity contribution is 7.88. The van der Waals surface area contributed by atoms with Crippen LogP contribution >= 0.6 is 0 Å². The smallest absolute Gasteiger partial charge is 0.226 e. The SMILES string of the molecule is CS(=O)(=O)N1CCC(CC(=O)N2CCC3(CCCCn4cc(nn4)COCCNC3=O)CC2)CC1. The molecule has 11 nitrogen and oxygen atoms in total. The van der Waals surface area contributed by atoms with Crippen LogP contribution in [0, 0.1) is 11.3 Å². The molecular weight excluding hydrogens is 472 g/mol. The summed E-state index contributed by atoms with van der Waals surface area (Å²) in [5.74, 6) is 0.399. The van der Waals surface area contributed by atoms with Crippen LogP contribution in [0.3, 0.4) is 0 Å². The molecule has 2 fully saturated rings. The van der Waals surface area contributed by atoms with Gasteiger partial charge in [0.15, 0.2) is 0 Å². The number of rotatable bonds is 3. The molecule has 1 N–H and O–H groups in total. The molecule has 3 aliphatic rings. The van der Waals surface area contributed by atoms with Crippen molar-refractivity contribution < 1.29 is 22.7 Å². The lowest BCUT2D eigenvalue weighted by Gasteiger charge is -2.41. The number of likely N-dealkylation sites (tertiary alicyclic amines) is 1. The van der Waals surface area contributed by atoms with E-state index in [0.29, 0.717) is 78.0 Å². The standard InChI is InChI=1S/C23H38N6O5S/c1-35(32,33)29-11-4-19(5-12-29)16-21(30)27-13-7-23(8-14-27)6-2-3-10-28-17-20(25-26-28)18-34-15-9-24-22(23)31/h17,19H,2-16,18H2,1H3,(H,24,31). The highest BCUT2D eigenvalue weighted by Gasteiger charge is 2.41. The van der Waals surface area contributed by atoms with E-state index >= 15 is 0 Å². The lowest BCUT2D eigenvalue weighted by Crippen LogP contribution is -2.51. The van der Waals surface area contributed by atoms with Crippen LogP contribution in [0.2, 0.25) is 0 Å². The van der Waals surface area contributed by atoms with Crippen LogP contribution in [0.5, 0.6) is 0 Å². The Hall–Kier alpha value is -2.05. The van der Waals surface area contributed by atoms with Crippen LogP contribution in [-0.2, 0) is 37.5 Å². The number of carbonyl (C=O) groups is 2. The van der Waals surface area contributed by atoms with Crippen molar-refractivity contribution in [2.45, 2.75) is 64.5 Å². The van der Waals surface area contributed by atoms with Crippen molar-refractivity contribution in [2.24, 2.45) is 11.3 Å². The van der Waals surface area contributed by atoms with E-state index in [0.717, 1.165) is 31.5 Å². The summed E-state index contributed by atoms with van der Waals surface area (Å²) in [5, 5.41) is 11.3. The number of fused-ring (bicyclic) bond motifs is 2. The first kappa shape index (κ1) is 26.0. The Morgan fingerprint density at radius 3 is 2.60 bits per heavy atom. The number of ether oxygens (including phenoxy) is 1. The van der Waals surface area contributed by atoms with Crippen molar-refractivity contribution in [2.75, 3.05) is 45.6 Å². The largest absolute Gasteiger partial charge is 0.373 e. The Kier molecular flexibility index (Phi) is 8.43. The molecule has 12 heteroatoms. The van der Waals surface area contributed by atoms with Gasteiger partial charge >= 0.3 is 0 Å². The quantitative estimate of drug-likeness (QED) is 0.636. The third kappa shape index (κ3) is 6.79. The van der Waals surface area contributed by atoms with Crippen molar-refractivity contribution in [3.63, 3.8) is 0 Å². The fourth-order valence-electron chi connectivity index (χ4n) is 5.45. The van der Waals surface area contributed by atoms with E-state index < -0.39 is 15.4 Å². The van der Waals surface area contributed by atoms with Crippen molar-refractivity contribution in [3.05, 3.63) is 11.9 Å². The summed E-state index contributed by atoms with van der Waals surface area (Å²) in [6, 6.07) is 0. The van der Waals surface area contributed by atoms with E-state index in [1.165, 1.54) is 10.6 Å². The predicted octanol–water partition coefficient (Wildman–Crippen LogP) is 0.765. The van der Waals surface area contributed by atoms with Gasteiger partial charge in [-0.3, -0.25) is 14.3 Å². The number of nitrogens with one attached hydrogen (secondary N) is 1. The summed E-state index contributed by atoms with van der Waals surface area (Å²) in [5.41, 5.74) is 0.331. The average molecular weight is 511 g/mol. The number of aryl methyl sites for hydroxylation is 1. The van der Waals surface area contributed by atoms with Crippen LogP contribution < -0.4 is 5.32 Å². The molecule has 2 saturated heterocycles. The van der Waals surface area contributed by atoms with Crippen LogP contribution in [0.15, 0.2) is 6.20 Å². The van der Waals surface area contributed by atoms with Crippen LogP contribution in [-0.4, -0.2) is 90.0 Å². The molecule has 2 bridgehead atoms. The molecular formula is C23H38N6O5S. The predicted molar refractivity (Wildman–Crippen MR) is 129 cm³/mol. The molecule has 196 valence electrons. The second-order valence-electron chi connectivity index (χ2n) is 10.2. The molecule has 4 heterocycles. The summed E-state index contributed by atoms with van der Waals surface area (Å²) in [6.07, 6.45) is 8.95. The minimum atomic E-state index is -3.16. The minimum Gasteiger partial charge on any atom is -0.373 e. The Morgan fingerprint density at radius 2 is 1.89 bits per heavy atom. The van der Waals surface area contributed by atoms with Crippen LogP contribution in [0.1, 0.15) is 57.1 Å². The van der Waals surface area contributed by atoms with Gasteiger partial charge in [-0.1, -0.05) is 11.6 Å². The highest BCUT2D eigenvalue weighted by Crippen LogP contribution is 2.38. The molecule has 0 atom stereocenters. The zero-order chi connectivity index (χ0) is 24.9. The maximum absolute atomic E-state index is 13.2. The first-order valence-corrected chi connectivity index (χ1v) is 14.6. The molecule has 1 aromatic rings. The first-order valence-electron chi connectivity index (χ1n) is 12.7. The number of amides is 2. The van der Waals surface area contributed by atoms with Crippen LogP contribution in [0.25, 0.3) is 0 Å². The second kappa shape index (κ2) is 11.3. The second-order valence-corrected chi connectivity index (χ2v) is 12.2. The summed E-state index contributed by atoms with van der Waals surface area (Å²) in [6.45, 7) is 4.13. The van der Waals surface area contributed by atoms with Gasteiger partial charge < -0.3 is 15.0 Å². The molecule has 0 saturated carbocycles. The van der Waals surface area contributed by atoms with E-state index in [1.54, 1.807) is 0 Å². The van der Waals surface area contributed by atoms with Gasteiger partial charge in [0.05, 0.1) is 31.1 Å². The van der Waals surface area contributed by atoms with E-state index in [2.05, 4.69) is 15.6 Å². The molecule has 0 aliphatic carbocycles. The molecule has 0 aromatic carbocycles. The van der Waals surface area contributed by atoms with Crippen molar-refractivity contribution >= 4 is 21.8 Å². The van der Waals surface area contributed by atoms with Gasteiger partial charge in [0.25, 0.3) is 0 Å². The molecule has 35 heavy (non-hydrogen) atoms. The summed E-state index contributed by atoms with van der Waals surface area (Å²) < 4.78 is 32.4. The summed E-state index contributed by atoms with van der Waals surface area (Å²) in [7, 11) is -3.16. The number of sulfonamides is 1. The van der Waals surface area contributed by atoms with Gasteiger partial charge in [0, 0.05) is 45.7 Å². The molecule has 0 radical (unpaired) electrons. The number of nitrogens with zero attached hydrogens (tertiary/aromatic N) is 5. The number of hydrogen-bond acceptors (Lipinski definition) is 7. The van der Waals surface area contributed by atoms with Gasteiger partial charge in [-0.15, -0.1) is 5.10 Å². The summed E-state index contributed by atoms with van der Waals surface area (Å²) >= 11 is 0. The number of carbonyl (C=O) groups excluding carboxylic acids is 2. The van der Waals surface area contributed by atoms with Gasteiger partial charge in [-0.25, -0.2) is 12.7 Å². The maximum Gasteiger partial charge on any atom is 0.226 e.